The largest absolute Gasteiger partial charge is 0.361 e. The second kappa shape index (κ2) is 3.85. The standard InChI is InChI=1S/C12H14N2O/c1-3-8-7-10-12(9(4-2)14-8)11(15)5-6-13-10/h5-7H,3-4H2,1-2H3,(H,13,15). The molecule has 2 rings (SSSR count). The Morgan fingerprint density at radius 1 is 1.33 bits per heavy atom. The number of H-pyrrole nitrogens is 1. The number of aromatic amines is 1. The summed E-state index contributed by atoms with van der Waals surface area (Å²) in [7, 11) is 0. The molecule has 0 saturated carbocycles. The topological polar surface area (TPSA) is 45.8 Å². The summed E-state index contributed by atoms with van der Waals surface area (Å²) in [6.45, 7) is 4.09. The van der Waals surface area contributed by atoms with Gasteiger partial charge >= 0.3 is 0 Å². The van der Waals surface area contributed by atoms with Crippen molar-refractivity contribution in [3.8, 4) is 0 Å². The van der Waals surface area contributed by atoms with Gasteiger partial charge in [0.2, 0.25) is 0 Å². The van der Waals surface area contributed by atoms with E-state index in [1.165, 1.54) is 0 Å². The Morgan fingerprint density at radius 3 is 2.80 bits per heavy atom. The Hall–Kier alpha value is -1.64. The maximum Gasteiger partial charge on any atom is 0.191 e. The summed E-state index contributed by atoms with van der Waals surface area (Å²) in [4.78, 5) is 19.3. The SMILES string of the molecule is CCc1cc2[nH]ccc(=O)c2c(CC)n1. The van der Waals surface area contributed by atoms with Crippen molar-refractivity contribution in [2.75, 3.05) is 0 Å². The van der Waals surface area contributed by atoms with Crippen LogP contribution in [0.1, 0.15) is 25.2 Å². The van der Waals surface area contributed by atoms with Crippen molar-refractivity contribution in [3.63, 3.8) is 0 Å². The zero-order chi connectivity index (χ0) is 10.8. The third-order valence-corrected chi connectivity index (χ3v) is 2.56. The highest BCUT2D eigenvalue weighted by Crippen LogP contribution is 2.13. The molecule has 0 spiro atoms. The molecule has 0 aliphatic carbocycles. The average Bonchev–Trinajstić information content (AvgIpc) is 2.27. The maximum atomic E-state index is 11.7. The monoisotopic (exact) mass is 202 g/mol. The average molecular weight is 202 g/mol. The van der Waals surface area contributed by atoms with E-state index >= 15 is 0 Å². The van der Waals surface area contributed by atoms with Crippen LogP contribution in [0.3, 0.4) is 0 Å². The van der Waals surface area contributed by atoms with Gasteiger partial charge in [0.25, 0.3) is 0 Å². The van der Waals surface area contributed by atoms with E-state index in [0.29, 0.717) is 0 Å². The molecule has 2 aromatic heterocycles. The van der Waals surface area contributed by atoms with Gasteiger partial charge in [-0.15, -0.1) is 0 Å². The van der Waals surface area contributed by atoms with Crippen LogP contribution in [0.25, 0.3) is 10.9 Å². The van der Waals surface area contributed by atoms with Crippen molar-refractivity contribution in [1.82, 2.24) is 9.97 Å². The van der Waals surface area contributed by atoms with Crippen LogP contribution < -0.4 is 5.43 Å². The molecule has 0 atom stereocenters. The van der Waals surface area contributed by atoms with Gasteiger partial charge in [0.15, 0.2) is 5.43 Å². The number of rotatable bonds is 2. The van der Waals surface area contributed by atoms with Gasteiger partial charge < -0.3 is 4.98 Å². The summed E-state index contributed by atoms with van der Waals surface area (Å²) in [5, 5.41) is 0.734. The molecular formula is C12H14N2O. The fourth-order valence-corrected chi connectivity index (χ4v) is 1.77. The first-order valence-corrected chi connectivity index (χ1v) is 5.26. The van der Waals surface area contributed by atoms with Crippen molar-refractivity contribution in [2.45, 2.75) is 26.7 Å². The van der Waals surface area contributed by atoms with Crippen LogP contribution in [-0.4, -0.2) is 9.97 Å². The Morgan fingerprint density at radius 2 is 2.13 bits per heavy atom. The molecule has 0 saturated heterocycles. The zero-order valence-electron chi connectivity index (χ0n) is 9.00. The molecule has 0 aliphatic rings. The first-order chi connectivity index (χ1) is 7.26. The lowest BCUT2D eigenvalue weighted by atomic mass is 10.1. The van der Waals surface area contributed by atoms with E-state index in [1.54, 1.807) is 12.3 Å². The molecule has 0 bridgehead atoms. The van der Waals surface area contributed by atoms with E-state index < -0.39 is 0 Å². The number of aryl methyl sites for hydroxylation is 2. The molecule has 2 heterocycles. The number of hydrogen-bond donors (Lipinski definition) is 1. The predicted molar refractivity (Wildman–Crippen MR) is 61.1 cm³/mol. The Labute approximate surface area is 88.2 Å². The quantitative estimate of drug-likeness (QED) is 0.810. The van der Waals surface area contributed by atoms with Gasteiger partial charge in [0.05, 0.1) is 16.6 Å². The van der Waals surface area contributed by atoms with Crippen molar-refractivity contribution in [2.24, 2.45) is 0 Å². The molecule has 0 unspecified atom stereocenters. The highest BCUT2D eigenvalue weighted by atomic mass is 16.1. The van der Waals surface area contributed by atoms with Gasteiger partial charge in [-0.3, -0.25) is 9.78 Å². The highest BCUT2D eigenvalue weighted by Gasteiger charge is 2.06. The molecule has 15 heavy (non-hydrogen) atoms. The first-order valence-electron chi connectivity index (χ1n) is 5.26. The predicted octanol–water partition coefficient (Wildman–Crippen LogP) is 2.05. The summed E-state index contributed by atoms with van der Waals surface area (Å²) < 4.78 is 0. The van der Waals surface area contributed by atoms with E-state index in [0.717, 1.165) is 35.1 Å². The molecule has 0 fully saturated rings. The number of nitrogens with one attached hydrogen (secondary N) is 1. The van der Waals surface area contributed by atoms with Crippen molar-refractivity contribution < 1.29 is 0 Å². The number of aromatic nitrogens is 2. The lowest BCUT2D eigenvalue weighted by Gasteiger charge is -2.05. The minimum absolute atomic E-state index is 0.0516. The van der Waals surface area contributed by atoms with Crippen LogP contribution in [0, 0.1) is 0 Å². The van der Waals surface area contributed by atoms with E-state index in [1.807, 2.05) is 13.0 Å². The summed E-state index contributed by atoms with van der Waals surface area (Å²) in [6.07, 6.45) is 3.36. The van der Waals surface area contributed by atoms with Gasteiger partial charge in [-0.2, -0.15) is 0 Å². The minimum atomic E-state index is 0.0516. The van der Waals surface area contributed by atoms with Crippen molar-refractivity contribution in [3.05, 3.63) is 39.9 Å². The van der Waals surface area contributed by atoms with Crippen LogP contribution in [0.4, 0.5) is 0 Å². The second-order valence-corrected chi connectivity index (χ2v) is 3.53. The van der Waals surface area contributed by atoms with Crippen LogP contribution in [0.5, 0.6) is 0 Å². The Balaban J connectivity index is 2.87. The molecule has 3 nitrogen and oxygen atoms in total. The third kappa shape index (κ3) is 1.65. The van der Waals surface area contributed by atoms with Crippen molar-refractivity contribution >= 4 is 10.9 Å². The summed E-state index contributed by atoms with van der Waals surface area (Å²) in [5.41, 5.74) is 2.87. The molecule has 3 heteroatoms. The number of hydrogen-bond acceptors (Lipinski definition) is 2. The molecule has 0 radical (unpaired) electrons. The molecule has 0 amide bonds. The normalized spacial score (nSPS) is 10.8. The van der Waals surface area contributed by atoms with E-state index in [4.69, 9.17) is 0 Å². The first kappa shape index (κ1) is 9.90. The lowest BCUT2D eigenvalue weighted by Crippen LogP contribution is -2.06. The smallest absolute Gasteiger partial charge is 0.191 e. The van der Waals surface area contributed by atoms with Gasteiger partial charge in [0, 0.05) is 18.0 Å². The van der Waals surface area contributed by atoms with Crippen molar-refractivity contribution in [1.29, 1.82) is 0 Å². The van der Waals surface area contributed by atoms with Gasteiger partial charge in [-0.1, -0.05) is 13.8 Å². The summed E-state index contributed by atoms with van der Waals surface area (Å²) in [5.74, 6) is 0. The Bertz CT molecular complexity index is 543. The second-order valence-electron chi connectivity index (χ2n) is 3.53. The fourth-order valence-electron chi connectivity index (χ4n) is 1.77. The maximum absolute atomic E-state index is 11.7. The van der Waals surface area contributed by atoms with Gasteiger partial charge in [-0.05, 0) is 18.9 Å². The van der Waals surface area contributed by atoms with Gasteiger partial charge in [-0.25, -0.2) is 0 Å². The third-order valence-electron chi connectivity index (χ3n) is 2.56. The molecule has 0 aromatic carbocycles. The fraction of sp³-hybridized carbons (Fsp3) is 0.333. The molecule has 78 valence electrons. The zero-order valence-corrected chi connectivity index (χ0v) is 9.00. The molecule has 0 aliphatic heterocycles. The number of pyridine rings is 2. The lowest BCUT2D eigenvalue weighted by molar-refractivity contribution is 0.967. The van der Waals surface area contributed by atoms with Crippen LogP contribution in [0.2, 0.25) is 0 Å². The van der Waals surface area contributed by atoms with E-state index in [9.17, 15) is 4.79 Å². The van der Waals surface area contributed by atoms with Gasteiger partial charge in [0.1, 0.15) is 0 Å². The van der Waals surface area contributed by atoms with Crippen LogP contribution >= 0.6 is 0 Å². The van der Waals surface area contributed by atoms with E-state index in [-0.39, 0.29) is 5.43 Å². The minimum Gasteiger partial charge on any atom is -0.361 e. The molecule has 2 aromatic rings. The highest BCUT2D eigenvalue weighted by molar-refractivity contribution is 5.80. The number of fused-ring (bicyclic) bond motifs is 1. The summed E-state index contributed by atoms with van der Waals surface area (Å²) >= 11 is 0. The molecular weight excluding hydrogens is 188 g/mol. The summed E-state index contributed by atoms with van der Waals surface area (Å²) in [6, 6.07) is 3.50. The number of nitrogens with zero attached hydrogens (tertiary/aromatic N) is 1. The van der Waals surface area contributed by atoms with Crippen LogP contribution in [-0.2, 0) is 12.8 Å². The Kier molecular flexibility index (Phi) is 2.54. The van der Waals surface area contributed by atoms with E-state index in [2.05, 4.69) is 16.9 Å². The van der Waals surface area contributed by atoms with Crippen LogP contribution in [0.15, 0.2) is 23.1 Å². The molecule has 1 N–H and O–H groups in total.